The number of unbranched alkanes of at least 4 members (excludes halogenated alkanes) is 1. The number of aryl methyl sites for hydroxylation is 1. The van der Waals surface area contributed by atoms with E-state index in [1.165, 1.54) is 5.56 Å². The van der Waals surface area contributed by atoms with Crippen molar-refractivity contribution in [2.24, 2.45) is 5.73 Å². The Morgan fingerprint density at radius 1 is 1.35 bits per heavy atom. The highest BCUT2D eigenvalue weighted by molar-refractivity contribution is 7.80. The number of rotatable bonds is 7. The fourth-order valence-electron chi connectivity index (χ4n) is 1.50. The third kappa shape index (κ3) is 7.53. The van der Waals surface area contributed by atoms with E-state index in [1.54, 1.807) is 0 Å². The molecule has 2 nitrogen and oxygen atoms in total. The van der Waals surface area contributed by atoms with Gasteiger partial charge in [0.15, 0.2) is 0 Å². The number of halogens is 1. The second-order valence-electron chi connectivity index (χ2n) is 4.10. The lowest BCUT2D eigenvalue weighted by molar-refractivity contribution is 0.303. The number of nitrogens with two attached hydrogens (primary N) is 1. The summed E-state index contributed by atoms with van der Waals surface area (Å²) in [6, 6.07) is 8.36. The fraction of sp³-hybridized carbons (Fsp3) is 0.538. The Labute approximate surface area is 116 Å². The third-order valence-electron chi connectivity index (χ3n) is 2.46. The van der Waals surface area contributed by atoms with Crippen molar-refractivity contribution in [3.05, 3.63) is 29.8 Å². The maximum absolute atomic E-state index is 5.77. The maximum Gasteiger partial charge on any atom is 0.119 e. The highest BCUT2D eigenvalue weighted by atomic mass is 35.5. The molecular formula is C13H22ClNOS. The summed E-state index contributed by atoms with van der Waals surface area (Å²) in [7, 11) is 0. The summed E-state index contributed by atoms with van der Waals surface area (Å²) in [4.78, 5) is 0. The van der Waals surface area contributed by atoms with Crippen molar-refractivity contribution in [3.63, 3.8) is 0 Å². The molecule has 1 unspecified atom stereocenters. The summed E-state index contributed by atoms with van der Waals surface area (Å²) >= 11 is 4.15. The van der Waals surface area contributed by atoms with Crippen LogP contribution in [0.15, 0.2) is 24.3 Å². The van der Waals surface area contributed by atoms with Gasteiger partial charge in [0.2, 0.25) is 0 Å². The maximum atomic E-state index is 5.77. The molecule has 4 heteroatoms. The van der Waals surface area contributed by atoms with Gasteiger partial charge in [0.25, 0.3) is 0 Å². The molecule has 0 aliphatic rings. The van der Waals surface area contributed by atoms with E-state index in [-0.39, 0.29) is 18.4 Å². The van der Waals surface area contributed by atoms with Gasteiger partial charge in [-0.25, -0.2) is 0 Å². The topological polar surface area (TPSA) is 35.2 Å². The van der Waals surface area contributed by atoms with Crippen LogP contribution in [0.1, 0.15) is 24.8 Å². The van der Waals surface area contributed by atoms with E-state index in [4.69, 9.17) is 10.5 Å². The summed E-state index contributed by atoms with van der Waals surface area (Å²) < 4.78 is 5.64. The summed E-state index contributed by atoms with van der Waals surface area (Å²) in [5, 5.41) is 0. The SMILES string of the molecule is Cc1cccc(OCCCCC(N)CS)c1.Cl. The van der Waals surface area contributed by atoms with Gasteiger partial charge in [-0.15, -0.1) is 12.4 Å². The second kappa shape index (κ2) is 9.63. The van der Waals surface area contributed by atoms with Gasteiger partial charge >= 0.3 is 0 Å². The number of hydrogen-bond acceptors (Lipinski definition) is 3. The Bertz CT molecular complexity index is 309. The third-order valence-corrected chi connectivity index (χ3v) is 2.93. The van der Waals surface area contributed by atoms with Gasteiger partial charge in [0, 0.05) is 11.8 Å². The van der Waals surface area contributed by atoms with Crippen molar-refractivity contribution >= 4 is 25.0 Å². The van der Waals surface area contributed by atoms with Crippen molar-refractivity contribution in [1.82, 2.24) is 0 Å². The Hall–Kier alpha value is -0.380. The highest BCUT2D eigenvalue weighted by Gasteiger charge is 1.99. The highest BCUT2D eigenvalue weighted by Crippen LogP contribution is 2.13. The molecule has 0 fully saturated rings. The van der Waals surface area contributed by atoms with Crippen LogP contribution in [0.25, 0.3) is 0 Å². The number of hydrogen-bond donors (Lipinski definition) is 2. The zero-order chi connectivity index (χ0) is 11.8. The minimum Gasteiger partial charge on any atom is -0.494 e. The van der Waals surface area contributed by atoms with Gasteiger partial charge in [-0.3, -0.25) is 0 Å². The van der Waals surface area contributed by atoms with E-state index in [0.29, 0.717) is 0 Å². The predicted molar refractivity (Wildman–Crippen MR) is 79.6 cm³/mol. The molecule has 1 atom stereocenters. The zero-order valence-electron chi connectivity index (χ0n) is 10.3. The molecule has 98 valence electrons. The molecule has 0 aliphatic heterocycles. The average Bonchev–Trinajstić information content (AvgIpc) is 2.28. The van der Waals surface area contributed by atoms with Gasteiger partial charge in [-0.1, -0.05) is 12.1 Å². The largest absolute Gasteiger partial charge is 0.494 e. The lowest BCUT2D eigenvalue weighted by Gasteiger charge is -2.09. The van der Waals surface area contributed by atoms with Gasteiger partial charge < -0.3 is 10.5 Å². The van der Waals surface area contributed by atoms with Crippen LogP contribution in [-0.4, -0.2) is 18.4 Å². The first-order valence-electron chi connectivity index (χ1n) is 5.78. The summed E-state index contributed by atoms with van der Waals surface area (Å²) in [5.41, 5.74) is 7.00. The molecule has 0 spiro atoms. The molecule has 0 saturated heterocycles. The van der Waals surface area contributed by atoms with Crippen LogP contribution in [0.4, 0.5) is 0 Å². The molecule has 0 saturated carbocycles. The number of ether oxygens (including phenoxy) is 1. The molecule has 0 bridgehead atoms. The first kappa shape index (κ1) is 16.6. The van der Waals surface area contributed by atoms with Crippen molar-refractivity contribution in [2.75, 3.05) is 12.4 Å². The molecule has 0 aromatic heterocycles. The van der Waals surface area contributed by atoms with E-state index in [1.807, 2.05) is 12.1 Å². The molecule has 1 aromatic rings. The van der Waals surface area contributed by atoms with E-state index >= 15 is 0 Å². The normalized spacial score (nSPS) is 11.7. The van der Waals surface area contributed by atoms with Crippen molar-refractivity contribution < 1.29 is 4.74 Å². The Morgan fingerprint density at radius 3 is 2.76 bits per heavy atom. The van der Waals surface area contributed by atoms with Gasteiger partial charge in [-0.2, -0.15) is 12.6 Å². The predicted octanol–water partition coefficient (Wildman–Crippen LogP) is 3.22. The van der Waals surface area contributed by atoms with Gasteiger partial charge in [0.1, 0.15) is 5.75 Å². The van der Waals surface area contributed by atoms with Crippen LogP contribution in [0, 0.1) is 6.92 Å². The smallest absolute Gasteiger partial charge is 0.119 e. The summed E-state index contributed by atoms with van der Waals surface area (Å²) in [6.07, 6.45) is 3.18. The van der Waals surface area contributed by atoms with Crippen molar-refractivity contribution in [1.29, 1.82) is 0 Å². The zero-order valence-corrected chi connectivity index (χ0v) is 12.0. The fourth-order valence-corrected chi connectivity index (χ4v) is 1.68. The average molecular weight is 276 g/mol. The Kier molecular flexibility index (Phi) is 9.41. The van der Waals surface area contributed by atoms with Crippen LogP contribution < -0.4 is 10.5 Å². The van der Waals surface area contributed by atoms with Crippen LogP contribution in [0.5, 0.6) is 5.75 Å². The van der Waals surface area contributed by atoms with Gasteiger partial charge in [-0.05, 0) is 43.9 Å². The standard InChI is InChI=1S/C13H21NOS.ClH/c1-11-5-4-7-13(9-11)15-8-3-2-6-12(14)10-16;/h4-5,7,9,12,16H,2-3,6,8,10,14H2,1H3;1H. The van der Waals surface area contributed by atoms with Crippen LogP contribution in [0.2, 0.25) is 0 Å². The van der Waals surface area contributed by atoms with E-state index in [9.17, 15) is 0 Å². The minimum atomic E-state index is 0. The molecule has 0 amide bonds. The molecule has 0 aliphatic carbocycles. The van der Waals surface area contributed by atoms with E-state index in [2.05, 4.69) is 31.7 Å². The molecule has 0 heterocycles. The first-order valence-corrected chi connectivity index (χ1v) is 6.41. The first-order chi connectivity index (χ1) is 7.72. The molecule has 2 N–H and O–H groups in total. The molecule has 17 heavy (non-hydrogen) atoms. The molecule has 1 aromatic carbocycles. The number of benzene rings is 1. The monoisotopic (exact) mass is 275 g/mol. The second-order valence-corrected chi connectivity index (χ2v) is 4.47. The van der Waals surface area contributed by atoms with Crippen LogP contribution >= 0.6 is 25.0 Å². The quantitative estimate of drug-likeness (QED) is 0.592. The minimum absolute atomic E-state index is 0. The van der Waals surface area contributed by atoms with E-state index in [0.717, 1.165) is 37.4 Å². The molecular weight excluding hydrogens is 254 g/mol. The lowest BCUT2D eigenvalue weighted by Crippen LogP contribution is -2.21. The number of thiol groups is 1. The van der Waals surface area contributed by atoms with Crippen molar-refractivity contribution in [3.8, 4) is 5.75 Å². The van der Waals surface area contributed by atoms with Crippen molar-refractivity contribution in [2.45, 2.75) is 32.2 Å². The summed E-state index contributed by atoms with van der Waals surface area (Å²) in [5.74, 6) is 1.72. The Morgan fingerprint density at radius 2 is 2.12 bits per heavy atom. The molecule has 0 radical (unpaired) electrons. The van der Waals surface area contributed by atoms with Crippen LogP contribution in [0.3, 0.4) is 0 Å². The van der Waals surface area contributed by atoms with Crippen LogP contribution in [-0.2, 0) is 0 Å². The van der Waals surface area contributed by atoms with Gasteiger partial charge in [0.05, 0.1) is 6.61 Å². The van der Waals surface area contributed by atoms with E-state index < -0.39 is 0 Å². The lowest BCUT2D eigenvalue weighted by atomic mass is 10.1. The molecule has 1 rings (SSSR count). The summed E-state index contributed by atoms with van der Waals surface area (Å²) in [6.45, 7) is 2.83. The Balaban J connectivity index is 0.00000256.